The highest BCUT2D eigenvalue weighted by Gasteiger charge is 2.52. The van der Waals surface area contributed by atoms with Gasteiger partial charge < -0.3 is 14.6 Å². The summed E-state index contributed by atoms with van der Waals surface area (Å²) < 4.78 is 13.2. The SMILES string of the molecule is CNCC(=Cc1ccc(Br)cc1Cl)B1OC(C)(C)C(C)(C)O1. The monoisotopic (exact) mass is 385 g/mol. The zero-order valence-electron chi connectivity index (χ0n) is 13.7. The minimum Gasteiger partial charge on any atom is -0.400 e. The van der Waals surface area contributed by atoms with Crippen LogP contribution in [0.4, 0.5) is 0 Å². The molecule has 0 unspecified atom stereocenters. The molecule has 6 heteroatoms. The van der Waals surface area contributed by atoms with Gasteiger partial charge in [0.2, 0.25) is 0 Å². The Bertz CT molecular complexity index is 574. The number of rotatable bonds is 4. The summed E-state index contributed by atoms with van der Waals surface area (Å²) in [6.07, 6.45) is 2.04. The first kappa shape index (κ1) is 18.0. The zero-order chi connectivity index (χ0) is 16.5. The van der Waals surface area contributed by atoms with Crippen LogP contribution in [0.2, 0.25) is 5.02 Å². The van der Waals surface area contributed by atoms with Crippen LogP contribution in [-0.4, -0.2) is 31.9 Å². The fourth-order valence-corrected chi connectivity index (χ4v) is 2.95. The summed E-state index contributed by atoms with van der Waals surface area (Å²) in [5, 5.41) is 3.86. The minimum atomic E-state index is -0.378. The average Bonchev–Trinajstić information content (AvgIpc) is 2.61. The summed E-state index contributed by atoms with van der Waals surface area (Å²) in [6.45, 7) is 8.88. The molecule has 1 saturated heterocycles. The second-order valence-corrected chi connectivity index (χ2v) is 7.83. The third kappa shape index (κ3) is 3.77. The van der Waals surface area contributed by atoms with Crippen LogP contribution < -0.4 is 5.32 Å². The summed E-state index contributed by atoms with van der Waals surface area (Å²) in [6, 6.07) is 5.83. The summed E-state index contributed by atoms with van der Waals surface area (Å²) in [7, 11) is 1.53. The van der Waals surface area contributed by atoms with Crippen LogP contribution in [0, 0.1) is 0 Å². The van der Waals surface area contributed by atoms with Crippen molar-refractivity contribution in [2.45, 2.75) is 38.9 Å². The molecule has 2 rings (SSSR count). The first-order chi connectivity index (χ1) is 10.2. The molecular weight excluding hydrogens is 364 g/mol. The van der Waals surface area contributed by atoms with Gasteiger partial charge in [-0.1, -0.05) is 39.7 Å². The summed E-state index contributed by atoms with van der Waals surface area (Å²) in [5.41, 5.74) is 1.26. The topological polar surface area (TPSA) is 30.5 Å². The maximum absolute atomic E-state index is 6.32. The molecule has 120 valence electrons. The number of likely N-dealkylation sites (N-methyl/N-ethyl adjacent to an activating group) is 1. The normalized spacial score (nSPS) is 20.5. The maximum atomic E-state index is 6.32. The van der Waals surface area contributed by atoms with Gasteiger partial charge in [0.25, 0.3) is 0 Å². The highest BCUT2D eigenvalue weighted by molar-refractivity contribution is 9.10. The maximum Gasteiger partial charge on any atom is 0.491 e. The molecule has 0 aliphatic carbocycles. The molecule has 0 atom stereocenters. The number of halogens is 2. The van der Waals surface area contributed by atoms with E-state index in [1.54, 1.807) is 0 Å². The largest absolute Gasteiger partial charge is 0.491 e. The molecule has 0 aromatic heterocycles. The van der Waals surface area contributed by atoms with Gasteiger partial charge in [-0.15, -0.1) is 0 Å². The van der Waals surface area contributed by atoms with Crippen molar-refractivity contribution in [3.63, 3.8) is 0 Å². The van der Waals surface area contributed by atoms with Crippen LogP contribution in [0.5, 0.6) is 0 Å². The van der Waals surface area contributed by atoms with Crippen molar-refractivity contribution in [1.82, 2.24) is 5.32 Å². The highest BCUT2D eigenvalue weighted by atomic mass is 79.9. The van der Waals surface area contributed by atoms with E-state index in [0.717, 1.165) is 15.5 Å². The van der Waals surface area contributed by atoms with E-state index in [0.29, 0.717) is 11.6 Å². The van der Waals surface area contributed by atoms with Gasteiger partial charge in [0, 0.05) is 16.0 Å². The van der Waals surface area contributed by atoms with Gasteiger partial charge in [0.05, 0.1) is 11.2 Å². The van der Waals surface area contributed by atoms with E-state index in [2.05, 4.69) is 48.9 Å². The van der Waals surface area contributed by atoms with Gasteiger partial charge in [0.15, 0.2) is 0 Å². The molecule has 1 N–H and O–H groups in total. The van der Waals surface area contributed by atoms with Crippen molar-refractivity contribution < 1.29 is 9.31 Å². The van der Waals surface area contributed by atoms with Gasteiger partial charge in [-0.2, -0.15) is 0 Å². The van der Waals surface area contributed by atoms with Crippen LogP contribution in [-0.2, 0) is 9.31 Å². The Hall–Kier alpha value is -0.325. The predicted octanol–water partition coefficient (Wildman–Crippen LogP) is 4.34. The van der Waals surface area contributed by atoms with Crippen molar-refractivity contribution in [3.8, 4) is 0 Å². The minimum absolute atomic E-state index is 0.353. The summed E-state index contributed by atoms with van der Waals surface area (Å²) >= 11 is 9.74. The lowest BCUT2D eigenvalue weighted by molar-refractivity contribution is 0.00578. The van der Waals surface area contributed by atoms with Gasteiger partial charge in [-0.3, -0.25) is 0 Å². The van der Waals surface area contributed by atoms with Crippen molar-refractivity contribution in [3.05, 3.63) is 38.7 Å². The first-order valence-corrected chi connectivity index (χ1v) is 8.49. The van der Waals surface area contributed by atoms with E-state index in [-0.39, 0.29) is 18.3 Å². The second-order valence-electron chi connectivity index (χ2n) is 6.50. The Morgan fingerprint density at radius 1 is 1.27 bits per heavy atom. The van der Waals surface area contributed by atoms with Gasteiger partial charge in [-0.05, 0) is 57.9 Å². The summed E-state index contributed by atoms with van der Waals surface area (Å²) in [5.74, 6) is 0. The Labute approximate surface area is 146 Å². The molecule has 22 heavy (non-hydrogen) atoms. The standard InChI is InChI=1S/C16H22BBrClNO2/c1-15(2)16(3,4)22-17(21-15)12(10-20-5)8-11-6-7-13(18)9-14(11)19/h6-9,20H,10H2,1-5H3. The lowest BCUT2D eigenvalue weighted by Gasteiger charge is -2.32. The smallest absolute Gasteiger partial charge is 0.400 e. The van der Waals surface area contributed by atoms with Gasteiger partial charge >= 0.3 is 7.12 Å². The fourth-order valence-electron chi connectivity index (χ4n) is 2.22. The molecule has 0 spiro atoms. The van der Waals surface area contributed by atoms with Crippen LogP contribution in [0.15, 0.2) is 28.1 Å². The molecular formula is C16H22BBrClNO2. The molecule has 1 aliphatic heterocycles. The van der Waals surface area contributed by atoms with Crippen LogP contribution in [0.25, 0.3) is 6.08 Å². The highest BCUT2D eigenvalue weighted by Crippen LogP contribution is 2.39. The van der Waals surface area contributed by atoms with Gasteiger partial charge in [0.1, 0.15) is 0 Å². The molecule has 3 nitrogen and oxygen atoms in total. The molecule has 0 saturated carbocycles. The third-order valence-electron chi connectivity index (χ3n) is 4.24. The van der Waals surface area contributed by atoms with Crippen LogP contribution in [0.1, 0.15) is 33.3 Å². The Morgan fingerprint density at radius 2 is 1.86 bits per heavy atom. The number of nitrogens with one attached hydrogen (secondary N) is 1. The van der Waals surface area contributed by atoms with E-state index in [9.17, 15) is 0 Å². The van der Waals surface area contributed by atoms with Crippen molar-refractivity contribution in [2.75, 3.05) is 13.6 Å². The molecule has 1 aromatic carbocycles. The van der Waals surface area contributed by atoms with Crippen molar-refractivity contribution in [1.29, 1.82) is 0 Å². The molecule has 0 bridgehead atoms. The average molecular weight is 387 g/mol. The molecule has 1 aromatic rings. The van der Waals surface area contributed by atoms with E-state index >= 15 is 0 Å². The predicted molar refractivity (Wildman–Crippen MR) is 97.1 cm³/mol. The Morgan fingerprint density at radius 3 is 2.36 bits per heavy atom. The second kappa shape index (κ2) is 6.66. The molecule has 1 heterocycles. The lowest BCUT2D eigenvalue weighted by atomic mass is 9.77. The molecule has 1 aliphatic rings. The Balaban J connectivity index is 2.33. The molecule has 1 fully saturated rings. The van der Waals surface area contributed by atoms with Gasteiger partial charge in [-0.25, -0.2) is 0 Å². The van der Waals surface area contributed by atoms with E-state index in [1.165, 1.54) is 0 Å². The van der Waals surface area contributed by atoms with Crippen molar-refractivity contribution in [2.24, 2.45) is 0 Å². The van der Waals surface area contributed by atoms with Crippen molar-refractivity contribution >= 4 is 40.7 Å². The zero-order valence-corrected chi connectivity index (χ0v) is 16.0. The molecule has 0 radical (unpaired) electrons. The Kier molecular flexibility index (Phi) is 5.45. The quantitative estimate of drug-likeness (QED) is 0.781. The number of hydrogen-bond donors (Lipinski definition) is 1. The van der Waals surface area contributed by atoms with Crippen LogP contribution >= 0.6 is 27.5 Å². The fraction of sp³-hybridized carbons (Fsp3) is 0.500. The van der Waals surface area contributed by atoms with Crippen LogP contribution in [0.3, 0.4) is 0 Å². The lowest BCUT2D eigenvalue weighted by Crippen LogP contribution is -2.41. The number of hydrogen-bond acceptors (Lipinski definition) is 3. The van der Waals surface area contributed by atoms with E-state index < -0.39 is 0 Å². The summed E-state index contributed by atoms with van der Waals surface area (Å²) in [4.78, 5) is 0. The third-order valence-corrected chi connectivity index (χ3v) is 5.06. The first-order valence-electron chi connectivity index (χ1n) is 7.32. The van der Waals surface area contributed by atoms with E-state index in [1.807, 2.05) is 31.3 Å². The van der Waals surface area contributed by atoms with E-state index in [4.69, 9.17) is 20.9 Å². The molecule has 0 amide bonds. The number of benzene rings is 1.